The van der Waals surface area contributed by atoms with Crippen molar-refractivity contribution in [1.29, 1.82) is 0 Å². The summed E-state index contributed by atoms with van der Waals surface area (Å²) in [4.78, 5) is 12.5. The summed E-state index contributed by atoms with van der Waals surface area (Å²) in [7, 11) is 0. The Morgan fingerprint density at radius 2 is 1.96 bits per heavy atom. The summed E-state index contributed by atoms with van der Waals surface area (Å²) < 4.78 is 28.6. The van der Waals surface area contributed by atoms with E-state index in [0.29, 0.717) is 11.2 Å². The zero-order valence-electron chi connectivity index (χ0n) is 13.6. The van der Waals surface area contributed by atoms with Crippen molar-refractivity contribution >= 4 is 17.5 Å². The lowest BCUT2D eigenvalue weighted by atomic mass is 10.1. The monoisotopic (exact) mass is 359 g/mol. The molecular weight excluding hydrogens is 344 g/mol. The molecule has 25 heavy (non-hydrogen) atoms. The number of hydrogen-bond acceptors (Lipinski definition) is 4. The van der Waals surface area contributed by atoms with Crippen LogP contribution >= 0.6 is 11.8 Å². The molecule has 1 aromatic heterocycles. The van der Waals surface area contributed by atoms with Crippen LogP contribution in [-0.4, -0.2) is 25.8 Å². The third-order valence-electron chi connectivity index (χ3n) is 3.74. The van der Waals surface area contributed by atoms with E-state index in [-0.39, 0.29) is 5.56 Å². The lowest BCUT2D eigenvalue weighted by molar-refractivity contribution is 0.0990. The van der Waals surface area contributed by atoms with Crippen LogP contribution in [0.3, 0.4) is 0 Å². The lowest BCUT2D eigenvalue weighted by Crippen LogP contribution is -2.16. The maximum Gasteiger partial charge on any atom is 0.196 e. The fourth-order valence-electron chi connectivity index (χ4n) is 2.42. The Morgan fingerprint density at radius 1 is 1.20 bits per heavy atom. The molecule has 3 rings (SSSR count). The van der Waals surface area contributed by atoms with E-state index in [0.717, 1.165) is 23.4 Å². The molecule has 0 saturated carbocycles. The summed E-state index contributed by atoms with van der Waals surface area (Å²) in [6, 6.07) is 10.7. The molecule has 0 fully saturated rings. The number of hydrogen-bond donors (Lipinski definition) is 0. The predicted octanol–water partition coefficient (Wildman–Crippen LogP) is 4.22. The maximum absolute atomic E-state index is 13.8. The molecule has 3 aromatic rings. The highest BCUT2D eigenvalue weighted by atomic mass is 32.2. The molecule has 1 unspecified atom stereocenters. The van der Waals surface area contributed by atoms with Crippen LogP contribution in [0, 0.1) is 18.6 Å². The van der Waals surface area contributed by atoms with E-state index >= 15 is 0 Å². The number of thioether (sulfide) groups is 1. The molecule has 0 aliphatic heterocycles. The number of carbonyl (C=O) groups excluding carboxylic acids is 1. The summed E-state index contributed by atoms with van der Waals surface area (Å²) >= 11 is 1.18. The first kappa shape index (κ1) is 17.3. The van der Waals surface area contributed by atoms with Crippen molar-refractivity contribution in [3.05, 3.63) is 71.6 Å². The van der Waals surface area contributed by atoms with Crippen molar-refractivity contribution in [3.8, 4) is 5.69 Å². The van der Waals surface area contributed by atoms with Crippen LogP contribution in [0.1, 0.15) is 22.8 Å². The second kappa shape index (κ2) is 7.14. The van der Waals surface area contributed by atoms with Gasteiger partial charge in [0.25, 0.3) is 0 Å². The highest BCUT2D eigenvalue weighted by Gasteiger charge is 2.22. The Kier molecular flexibility index (Phi) is 4.94. The second-order valence-corrected chi connectivity index (χ2v) is 6.83. The number of para-hydroxylation sites is 1. The van der Waals surface area contributed by atoms with E-state index < -0.39 is 22.7 Å². The van der Waals surface area contributed by atoms with Gasteiger partial charge in [0.15, 0.2) is 10.9 Å². The van der Waals surface area contributed by atoms with Gasteiger partial charge in [-0.05, 0) is 37.6 Å². The van der Waals surface area contributed by atoms with Gasteiger partial charge in [0.05, 0.1) is 16.5 Å². The minimum Gasteiger partial charge on any atom is -0.293 e. The van der Waals surface area contributed by atoms with E-state index in [2.05, 4.69) is 10.2 Å². The maximum atomic E-state index is 13.8. The van der Waals surface area contributed by atoms with Gasteiger partial charge in [-0.25, -0.2) is 8.78 Å². The fraction of sp³-hybridized carbons (Fsp3) is 0.167. The van der Waals surface area contributed by atoms with Gasteiger partial charge in [-0.2, -0.15) is 0 Å². The fourth-order valence-corrected chi connectivity index (χ4v) is 3.33. The summed E-state index contributed by atoms with van der Waals surface area (Å²) in [6.45, 7) is 3.62. The second-order valence-electron chi connectivity index (χ2n) is 5.52. The molecule has 7 heteroatoms. The van der Waals surface area contributed by atoms with Gasteiger partial charge < -0.3 is 0 Å². The van der Waals surface area contributed by atoms with Gasteiger partial charge in [-0.1, -0.05) is 30.0 Å². The Bertz CT molecular complexity index is 926. The van der Waals surface area contributed by atoms with Crippen LogP contribution < -0.4 is 0 Å². The number of Topliss-reactive ketones (excluding diaryl/α,β-unsaturated/α-hetero) is 1. The summed E-state index contributed by atoms with van der Waals surface area (Å²) in [5, 5.41) is 7.89. The average molecular weight is 359 g/mol. The highest BCUT2D eigenvalue weighted by Crippen LogP contribution is 2.27. The number of halogens is 2. The zero-order chi connectivity index (χ0) is 18.0. The molecular formula is C18H15F2N3OS. The molecule has 0 aliphatic rings. The number of ketones is 1. The first-order valence-electron chi connectivity index (χ1n) is 7.59. The number of nitrogens with zero attached hydrogens (tertiary/aromatic N) is 3. The lowest BCUT2D eigenvalue weighted by Gasteiger charge is -2.13. The Balaban J connectivity index is 1.85. The van der Waals surface area contributed by atoms with Crippen LogP contribution in [0.25, 0.3) is 5.69 Å². The van der Waals surface area contributed by atoms with Crippen LogP contribution in [0.15, 0.2) is 53.9 Å². The van der Waals surface area contributed by atoms with Gasteiger partial charge in [0, 0.05) is 6.07 Å². The van der Waals surface area contributed by atoms with Gasteiger partial charge in [-0.3, -0.25) is 9.36 Å². The first-order valence-corrected chi connectivity index (χ1v) is 8.47. The van der Waals surface area contributed by atoms with Crippen molar-refractivity contribution in [3.63, 3.8) is 0 Å². The first-order chi connectivity index (χ1) is 12.0. The van der Waals surface area contributed by atoms with E-state index in [4.69, 9.17) is 0 Å². The van der Waals surface area contributed by atoms with Gasteiger partial charge in [0.2, 0.25) is 0 Å². The molecule has 0 N–H and O–H groups in total. The number of aromatic nitrogens is 3. The molecule has 0 amide bonds. The van der Waals surface area contributed by atoms with Crippen LogP contribution in [0.5, 0.6) is 0 Å². The predicted molar refractivity (Wildman–Crippen MR) is 92.1 cm³/mol. The standard InChI is InChI=1S/C18H15F2N3OS/c1-11-5-3-4-6-16(11)23-10-21-22-18(23)25-12(2)17(24)14-8-7-13(19)9-15(14)20/h3-10,12H,1-2H3. The summed E-state index contributed by atoms with van der Waals surface area (Å²) in [5.74, 6) is -2.01. The summed E-state index contributed by atoms with van der Waals surface area (Å²) in [6.07, 6.45) is 1.57. The number of carbonyl (C=O) groups is 1. The minimum absolute atomic E-state index is 0.136. The Hall–Kier alpha value is -2.54. The topological polar surface area (TPSA) is 47.8 Å². The highest BCUT2D eigenvalue weighted by molar-refractivity contribution is 8.00. The number of rotatable bonds is 5. The molecule has 0 bridgehead atoms. The molecule has 0 saturated heterocycles. The van der Waals surface area contributed by atoms with Gasteiger partial charge >= 0.3 is 0 Å². The normalized spacial score (nSPS) is 12.2. The van der Waals surface area contributed by atoms with E-state index in [9.17, 15) is 13.6 Å². The van der Waals surface area contributed by atoms with E-state index in [1.165, 1.54) is 11.8 Å². The van der Waals surface area contributed by atoms with Crippen molar-refractivity contribution < 1.29 is 13.6 Å². The van der Waals surface area contributed by atoms with Crippen molar-refractivity contribution in [2.75, 3.05) is 0 Å². The third-order valence-corrected chi connectivity index (χ3v) is 4.80. The molecule has 4 nitrogen and oxygen atoms in total. The van der Waals surface area contributed by atoms with Gasteiger partial charge in [0.1, 0.15) is 18.0 Å². The zero-order valence-corrected chi connectivity index (χ0v) is 14.4. The van der Waals surface area contributed by atoms with E-state index in [1.54, 1.807) is 17.8 Å². The minimum atomic E-state index is -0.863. The van der Waals surface area contributed by atoms with Crippen LogP contribution in [-0.2, 0) is 0 Å². The number of aryl methyl sites for hydroxylation is 1. The van der Waals surface area contributed by atoms with Crippen LogP contribution in [0.4, 0.5) is 8.78 Å². The molecule has 0 radical (unpaired) electrons. The molecule has 0 aliphatic carbocycles. The van der Waals surface area contributed by atoms with Gasteiger partial charge in [-0.15, -0.1) is 10.2 Å². The molecule has 2 aromatic carbocycles. The van der Waals surface area contributed by atoms with Crippen LogP contribution in [0.2, 0.25) is 0 Å². The molecule has 1 heterocycles. The number of benzene rings is 2. The van der Waals surface area contributed by atoms with Crippen molar-refractivity contribution in [1.82, 2.24) is 14.8 Å². The Morgan fingerprint density at radius 3 is 2.68 bits per heavy atom. The van der Waals surface area contributed by atoms with Crippen molar-refractivity contribution in [2.45, 2.75) is 24.3 Å². The average Bonchev–Trinajstić information content (AvgIpc) is 3.02. The Labute approximate surface area is 147 Å². The smallest absolute Gasteiger partial charge is 0.196 e. The largest absolute Gasteiger partial charge is 0.293 e. The van der Waals surface area contributed by atoms with E-state index in [1.807, 2.05) is 31.2 Å². The van der Waals surface area contributed by atoms with Crippen molar-refractivity contribution in [2.24, 2.45) is 0 Å². The quantitative estimate of drug-likeness (QED) is 0.506. The summed E-state index contributed by atoms with van der Waals surface area (Å²) in [5.41, 5.74) is 1.80. The molecule has 128 valence electrons. The molecule has 0 spiro atoms. The molecule has 1 atom stereocenters. The third kappa shape index (κ3) is 3.61. The SMILES string of the molecule is Cc1ccccc1-n1cnnc1SC(C)C(=O)c1ccc(F)cc1F.